The summed E-state index contributed by atoms with van der Waals surface area (Å²) in [5.74, 6) is 0.0211. The van der Waals surface area contributed by atoms with E-state index in [4.69, 9.17) is 5.26 Å². The molecule has 1 atom stereocenters. The van der Waals surface area contributed by atoms with E-state index in [-0.39, 0.29) is 11.8 Å². The van der Waals surface area contributed by atoms with Gasteiger partial charge in [-0.15, -0.1) is 11.3 Å². The van der Waals surface area contributed by atoms with Gasteiger partial charge in [0.25, 0.3) is 0 Å². The van der Waals surface area contributed by atoms with Gasteiger partial charge in [-0.05, 0) is 37.5 Å². The zero-order valence-electron chi connectivity index (χ0n) is 10.8. The second-order valence-corrected chi connectivity index (χ2v) is 5.78. The molecule has 0 saturated heterocycles. The maximum absolute atomic E-state index is 12.3. The van der Waals surface area contributed by atoms with Gasteiger partial charge in [0.2, 0.25) is 5.91 Å². The molecule has 1 aliphatic rings. The molecule has 0 fully saturated rings. The van der Waals surface area contributed by atoms with Crippen LogP contribution in [0.2, 0.25) is 0 Å². The lowest BCUT2D eigenvalue weighted by atomic mass is 9.90. The molecular weight excluding hydrogens is 270 g/mol. The first kappa shape index (κ1) is 12.8. The zero-order chi connectivity index (χ0) is 13.9. The number of aryl methyl sites for hydroxylation is 1. The molecule has 1 N–H and O–H groups in total. The number of benzene rings is 1. The van der Waals surface area contributed by atoms with Crippen LogP contribution in [0.1, 0.15) is 22.6 Å². The number of thiazole rings is 1. The molecule has 5 heteroatoms. The van der Waals surface area contributed by atoms with Crippen molar-refractivity contribution in [2.24, 2.45) is 5.92 Å². The van der Waals surface area contributed by atoms with Gasteiger partial charge in [0, 0.05) is 16.5 Å². The summed E-state index contributed by atoms with van der Waals surface area (Å²) in [6.07, 6.45) is 2.47. The Bertz CT molecular complexity index is 686. The number of nitriles is 1. The van der Waals surface area contributed by atoms with Crippen molar-refractivity contribution >= 4 is 22.9 Å². The molecule has 1 aromatic carbocycles. The average Bonchev–Trinajstić information content (AvgIpc) is 2.94. The van der Waals surface area contributed by atoms with E-state index in [1.807, 2.05) is 5.51 Å². The fourth-order valence-corrected chi connectivity index (χ4v) is 3.33. The van der Waals surface area contributed by atoms with Crippen molar-refractivity contribution in [3.8, 4) is 6.07 Å². The molecule has 1 heterocycles. The molecule has 0 radical (unpaired) electrons. The molecule has 0 aliphatic heterocycles. The van der Waals surface area contributed by atoms with E-state index in [0.717, 1.165) is 25.0 Å². The molecule has 3 rings (SSSR count). The van der Waals surface area contributed by atoms with Crippen molar-refractivity contribution in [2.45, 2.75) is 19.3 Å². The molecule has 1 aromatic heterocycles. The molecular formula is C15H13N3OS. The molecule has 100 valence electrons. The first-order chi connectivity index (χ1) is 9.76. The first-order valence-corrected chi connectivity index (χ1v) is 7.36. The van der Waals surface area contributed by atoms with Crippen LogP contribution in [0, 0.1) is 17.2 Å². The molecule has 0 spiro atoms. The Labute approximate surface area is 121 Å². The summed E-state index contributed by atoms with van der Waals surface area (Å²) in [5.41, 5.74) is 4.23. The largest absolute Gasteiger partial charge is 0.326 e. The van der Waals surface area contributed by atoms with Crippen LogP contribution in [0.15, 0.2) is 29.8 Å². The van der Waals surface area contributed by atoms with Gasteiger partial charge in [-0.1, -0.05) is 6.07 Å². The SMILES string of the molecule is N#Cc1cccc(NC(=O)C2CCc3ncsc3C2)c1. The number of amides is 1. The lowest BCUT2D eigenvalue weighted by Crippen LogP contribution is -2.27. The molecule has 0 bridgehead atoms. The van der Waals surface area contributed by atoms with E-state index in [9.17, 15) is 4.79 Å². The van der Waals surface area contributed by atoms with Gasteiger partial charge in [0.15, 0.2) is 0 Å². The summed E-state index contributed by atoms with van der Waals surface area (Å²) in [5, 5.41) is 11.8. The minimum atomic E-state index is -0.00584. The molecule has 1 aliphatic carbocycles. The highest BCUT2D eigenvalue weighted by atomic mass is 32.1. The van der Waals surface area contributed by atoms with Crippen molar-refractivity contribution in [3.63, 3.8) is 0 Å². The van der Waals surface area contributed by atoms with Crippen LogP contribution < -0.4 is 5.32 Å². The number of fused-ring (bicyclic) bond motifs is 1. The third kappa shape index (κ3) is 2.56. The minimum Gasteiger partial charge on any atom is -0.326 e. The Morgan fingerprint density at radius 1 is 1.50 bits per heavy atom. The van der Waals surface area contributed by atoms with Gasteiger partial charge in [-0.3, -0.25) is 4.79 Å². The monoisotopic (exact) mass is 283 g/mol. The van der Waals surface area contributed by atoms with E-state index >= 15 is 0 Å². The number of rotatable bonds is 2. The maximum Gasteiger partial charge on any atom is 0.227 e. The number of nitrogens with one attached hydrogen (secondary N) is 1. The van der Waals surface area contributed by atoms with Gasteiger partial charge >= 0.3 is 0 Å². The Hall–Kier alpha value is -2.19. The predicted molar refractivity (Wildman–Crippen MR) is 77.4 cm³/mol. The van der Waals surface area contributed by atoms with E-state index < -0.39 is 0 Å². The van der Waals surface area contributed by atoms with Crippen molar-refractivity contribution in [1.82, 2.24) is 4.98 Å². The third-order valence-corrected chi connectivity index (χ3v) is 4.41. The van der Waals surface area contributed by atoms with E-state index in [1.165, 1.54) is 4.88 Å². The molecule has 20 heavy (non-hydrogen) atoms. The van der Waals surface area contributed by atoms with Gasteiger partial charge in [-0.25, -0.2) is 4.98 Å². The van der Waals surface area contributed by atoms with Crippen molar-refractivity contribution in [1.29, 1.82) is 5.26 Å². The summed E-state index contributed by atoms with van der Waals surface area (Å²) in [4.78, 5) is 17.8. The van der Waals surface area contributed by atoms with Crippen LogP contribution in [0.4, 0.5) is 5.69 Å². The van der Waals surface area contributed by atoms with Gasteiger partial charge < -0.3 is 5.32 Å². The Kier molecular flexibility index (Phi) is 3.48. The van der Waals surface area contributed by atoms with Gasteiger partial charge in [0.1, 0.15) is 0 Å². The summed E-state index contributed by atoms with van der Waals surface area (Å²) in [7, 11) is 0. The topological polar surface area (TPSA) is 65.8 Å². The van der Waals surface area contributed by atoms with Gasteiger partial charge in [-0.2, -0.15) is 5.26 Å². The minimum absolute atomic E-state index is 0.00584. The van der Waals surface area contributed by atoms with Crippen LogP contribution in [-0.2, 0) is 17.6 Å². The third-order valence-electron chi connectivity index (χ3n) is 3.52. The summed E-state index contributed by atoms with van der Waals surface area (Å²) in [6, 6.07) is 9.07. The fraction of sp³-hybridized carbons (Fsp3) is 0.267. The number of anilines is 1. The first-order valence-electron chi connectivity index (χ1n) is 6.48. The van der Waals surface area contributed by atoms with Crippen LogP contribution in [0.25, 0.3) is 0 Å². The maximum atomic E-state index is 12.3. The predicted octanol–water partition coefficient (Wildman–Crippen LogP) is 2.76. The highest BCUT2D eigenvalue weighted by Crippen LogP contribution is 2.28. The quantitative estimate of drug-likeness (QED) is 0.921. The Balaban J connectivity index is 1.70. The number of nitrogens with zero attached hydrogens (tertiary/aromatic N) is 2. The zero-order valence-corrected chi connectivity index (χ0v) is 11.6. The molecule has 2 aromatic rings. The van der Waals surface area contributed by atoms with E-state index in [2.05, 4.69) is 16.4 Å². The lowest BCUT2D eigenvalue weighted by Gasteiger charge is -2.20. The second-order valence-electron chi connectivity index (χ2n) is 4.84. The number of carbonyl (C=O) groups is 1. The van der Waals surface area contributed by atoms with Crippen molar-refractivity contribution < 1.29 is 4.79 Å². The standard InChI is InChI=1S/C15H13N3OS/c16-8-10-2-1-3-12(6-10)18-15(19)11-4-5-13-14(7-11)20-9-17-13/h1-3,6,9,11H,4-5,7H2,(H,18,19). The Morgan fingerprint density at radius 2 is 2.40 bits per heavy atom. The summed E-state index contributed by atoms with van der Waals surface area (Å²) in [6.45, 7) is 0. The number of carbonyl (C=O) groups excluding carboxylic acids is 1. The molecule has 4 nitrogen and oxygen atoms in total. The summed E-state index contributed by atoms with van der Waals surface area (Å²) >= 11 is 1.62. The van der Waals surface area contributed by atoms with E-state index in [0.29, 0.717) is 11.3 Å². The summed E-state index contributed by atoms with van der Waals surface area (Å²) < 4.78 is 0. The molecule has 1 amide bonds. The Morgan fingerprint density at radius 3 is 3.25 bits per heavy atom. The normalized spacial score (nSPS) is 17.1. The number of aromatic nitrogens is 1. The number of hydrogen-bond donors (Lipinski definition) is 1. The fourth-order valence-electron chi connectivity index (χ4n) is 2.43. The van der Waals surface area contributed by atoms with Crippen molar-refractivity contribution in [2.75, 3.05) is 5.32 Å². The van der Waals surface area contributed by atoms with E-state index in [1.54, 1.807) is 35.6 Å². The average molecular weight is 283 g/mol. The van der Waals surface area contributed by atoms with Gasteiger partial charge in [0.05, 0.1) is 22.8 Å². The molecule has 0 saturated carbocycles. The lowest BCUT2D eigenvalue weighted by molar-refractivity contribution is -0.120. The molecule has 1 unspecified atom stereocenters. The van der Waals surface area contributed by atoms with Crippen LogP contribution >= 0.6 is 11.3 Å². The second kappa shape index (κ2) is 5.43. The van der Waals surface area contributed by atoms with Crippen LogP contribution in [0.3, 0.4) is 0 Å². The highest BCUT2D eigenvalue weighted by molar-refractivity contribution is 7.09. The number of hydrogen-bond acceptors (Lipinski definition) is 4. The van der Waals surface area contributed by atoms with Crippen LogP contribution in [0.5, 0.6) is 0 Å². The van der Waals surface area contributed by atoms with Crippen molar-refractivity contribution in [3.05, 3.63) is 45.9 Å². The highest BCUT2D eigenvalue weighted by Gasteiger charge is 2.26. The van der Waals surface area contributed by atoms with Crippen LogP contribution in [-0.4, -0.2) is 10.9 Å². The smallest absolute Gasteiger partial charge is 0.227 e.